The fourth-order valence-electron chi connectivity index (χ4n) is 3.42. The normalized spacial score (nSPS) is 19.9. The van der Waals surface area contributed by atoms with Crippen molar-refractivity contribution in [3.63, 3.8) is 0 Å². The van der Waals surface area contributed by atoms with Gasteiger partial charge in [-0.05, 0) is 58.0 Å². The number of nitrogens with zero attached hydrogens (tertiary/aromatic N) is 1. The lowest BCUT2D eigenvalue weighted by Crippen LogP contribution is -2.53. The van der Waals surface area contributed by atoms with Crippen molar-refractivity contribution in [3.8, 4) is 0 Å². The van der Waals surface area contributed by atoms with E-state index in [1.165, 1.54) is 0 Å². The third-order valence-electron chi connectivity index (χ3n) is 3.78. The minimum Gasteiger partial charge on any atom is -0.319 e. The Kier molecular flexibility index (Phi) is 6.24. The molecule has 1 aliphatic heterocycles. The molecule has 0 bridgehead atoms. The number of piperidine rings is 1. The van der Waals surface area contributed by atoms with E-state index >= 15 is 0 Å². The van der Waals surface area contributed by atoms with Gasteiger partial charge >= 0.3 is 0 Å². The lowest BCUT2D eigenvalue weighted by atomic mass is 9.82. The molecule has 0 unspecified atom stereocenters. The van der Waals surface area contributed by atoms with Crippen molar-refractivity contribution in [2.45, 2.75) is 59.4 Å². The van der Waals surface area contributed by atoms with Crippen molar-refractivity contribution in [3.05, 3.63) is 0 Å². The summed E-state index contributed by atoms with van der Waals surface area (Å²) in [6, 6.07) is 0. The van der Waals surface area contributed by atoms with Crippen molar-refractivity contribution < 1.29 is 8.42 Å². The summed E-state index contributed by atoms with van der Waals surface area (Å²) in [5.41, 5.74) is -0.343. The topological polar surface area (TPSA) is 61.4 Å². The summed E-state index contributed by atoms with van der Waals surface area (Å²) < 4.78 is 29.6. The first-order valence-corrected chi connectivity index (χ1v) is 9.33. The predicted molar refractivity (Wildman–Crippen MR) is 88.4 cm³/mol. The Hall–Kier alpha value is -0.170. The van der Waals surface area contributed by atoms with Crippen LogP contribution in [-0.4, -0.2) is 44.9 Å². The molecule has 1 heterocycles. The highest BCUT2D eigenvalue weighted by molar-refractivity contribution is 7.87. The van der Waals surface area contributed by atoms with Crippen molar-refractivity contribution in [1.82, 2.24) is 14.3 Å². The van der Waals surface area contributed by atoms with E-state index < -0.39 is 15.7 Å². The van der Waals surface area contributed by atoms with Crippen LogP contribution in [0.1, 0.15) is 53.9 Å². The van der Waals surface area contributed by atoms with Gasteiger partial charge in [0, 0.05) is 18.6 Å². The molecule has 1 aliphatic rings. The maximum Gasteiger partial charge on any atom is 0.279 e. The first-order valence-electron chi connectivity index (χ1n) is 7.89. The summed E-state index contributed by atoms with van der Waals surface area (Å²) in [6.45, 7) is 12.5. The first kappa shape index (κ1) is 18.9. The Bertz CT molecular complexity index is 419. The average Bonchev–Trinajstić information content (AvgIpc) is 2.25. The minimum absolute atomic E-state index is 0.0891. The highest BCUT2D eigenvalue weighted by atomic mass is 32.2. The van der Waals surface area contributed by atoms with Gasteiger partial charge in [0.2, 0.25) is 0 Å². The van der Waals surface area contributed by atoms with Crippen LogP contribution < -0.4 is 10.0 Å². The lowest BCUT2D eigenvalue weighted by Gasteiger charge is -2.37. The molecule has 0 aromatic rings. The molecule has 0 atom stereocenters. The van der Waals surface area contributed by atoms with Gasteiger partial charge in [-0.3, -0.25) is 0 Å². The lowest BCUT2D eigenvalue weighted by molar-refractivity contribution is 0.245. The second kappa shape index (κ2) is 6.94. The molecular formula is C15H33N3O2S. The first-order chi connectivity index (χ1) is 9.45. The van der Waals surface area contributed by atoms with Crippen molar-refractivity contribution >= 4 is 10.2 Å². The van der Waals surface area contributed by atoms with E-state index in [-0.39, 0.29) is 5.41 Å². The van der Waals surface area contributed by atoms with Crippen LogP contribution in [0.15, 0.2) is 0 Å². The highest BCUT2D eigenvalue weighted by Gasteiger charge is 2.34. The Morgan fingerprint density at radius 1 is 1.10 bits per heavy atom. The van der Waals surface area contributed by atoms with Crippen LogP contribution in [0.25, 0.3) is 0 Å². The van der Waals surface area contributed by atoms with Crippen molar-refractivity contribution in [2.75, 3.05) is 26.7 Å². The van der Waals surface area contributed by atoms with E-state index in [0.29, 0.717) is 19.0 Å². The molecule has 1 saturated heterocycles. The molecule has 5 nitrogen and oxygen atoms in total. The predicted octanol–water partition coefficient (Wildman–Crippen LogP) is 1.97. The molecule has 0 amide bonds. The monoisotopic (exact) mass is 319 g/mol. The van der Waals surface area contributed by atoms with Crippen LogP contribution in [-0.2, 0) is 10.2 Å². The zero-order valence-corrected chi connectivity index (χ0v) is 15.3. The van der Waals surface area contributed by atoms with E-state index in [9.17, 15) is 8.42 Å². The second-order valence-electron chi connectivity index (χ2n) is 8.13. The Labute approximate surface area is 131 Å². The zero-order chi connectivity index (χ0) is 16.3. The third-order valence-corrected chi connectivity index (χ3v) is 5.64. The molecule has 0 spiro atoms. The van der Waals surface area contributed by atoms with Gasteiger partial charge in [0.25, 0.3) is 10.2 Å². The van der Waals surface area contributed by atoms with Crippen LogP contribution in [0.4, 0.5) is 0 Å². The standard InChI is InChI=1S/C15H33N3O2S/c1-14(2,3)12-15(4,5)17-21(19,20)18-9-7-13(8-10-18)11-16-6/h13,16-17H,7-12H2,1-6H3. The van der Waals surface area contributed by atoms with Gasteiger partial charge in [-0.2, -0.15) is 17.4 Å². The van der Waals surface area contributed by atoms with Gasteiger partial charge in [-0.15, -0.1) is 0 Å². The molecule has 21 heavy (non-hydrogen) atoms. The van der Waals surface area contributed by atoms with E-state index in [0.717, 1.165) is 25.8 Å². The fourth-order valence-corrected chi connectivity index (χ4v) is 5.01. The quantitative estimate of drug-likeness (QED) is 0.787. The molecule has 0 aliphatic carbocycles. The summed E-state index contributed by atoms with van der Waals surface area (Å²) in [5, 5.41) is 3.17. The van der Waals surface area contributed by atoms with Crippen molar-refractivity contribution in [1.29, 1.82) is 0 Å². The van der Waals surface area contributed by atoms with E-state index in [1.807, 2.05) is 20.9 Å². The van der Waals surface area contributed by atoms with Crippen LogP contribution in [0.5, 0.6) is 0 Å². The fraction of sp³-hybridized carbons (Fsp3) is 1.00. The Morgan fingerprint density at radius 3 is 2.05 bits per heavy atom. The van der Waals surface area contributed by atoms with Crippen molar-refractivity contribution in [2.24, 2.45) is 11.3 Å². The molecule has 2 N–H and O–H groups in total. The van der Waals surface area contributed by atoms with Gasteiger partial charge in [-0.25, -0.2) is 0 Å². The zero-order valence-electron chi connectivity index (χ0n) is 14.5. The van der Waals surface area contributed by atoms with E-state index in [4.69, 9.17) is 0 Å². The summed E-state index contributed by atoms with van der Waals surface area (Å²) in [5.74, 6) is 0.587. The van der Waals surface area contributed by atoms with E-state index in [2.05, 4.69) is 30.8 Å². The van der Waals surface area contributed by atoms with Crippen LogP contribution in [0, 0.1) is 11.3 Å². The van der Waals surface area contributed by atoms with Gasteiger partial charge < -0.3 is 5.32 Å². The molecule has 126 valence electrons. The second-order valence-corrected chi connectivity index (χ2v) is 9.80. The largest absolute Gasteiger partial charge is 0.319 e. The molecule has 1 fully saturated rings. The SMILES string of the molecule is CNCC1CCN(S(=O)(=O)NC(C)(C)CC(C)(C)C)CC1. The Balaban J connectivity index is 2.62. The molecule has 0 aromatic carbocycles. The maximum absolute atomic E-state index is 12.6. The number of hydrogen-bond acceptors (Lipinski definition) is 3. The molecule has 6 heteroatoms. The number of nitrogens with one attached hydrogen (secondary N) is 2. The van der Waals surface area contributed by atoms with Gasteiger partial charge in [0.15, 0.2) is 0 Å². The average molecular weight is 320 g/mol. The van der Waals surface area contributed by atoms with Crippen LogP contribution in [0.2, 0.25) is 0 Å². The molecule has 1 rings (SSSR count). The smallest absolute Gasteiger partial charge is 0.279 e. The summed E-state index contributed by atoms with van der Waals surface area (Å²) in [4.78, 5) is 0. The van der Waals surface area contributed by atoms with Gasteiger partial charge in [0.1, 0.15) is 0 Å². The van der Waals surface area contributed by atoms with Crippen LogP contribution in [0.3, 0.4) is 0 Å². The van der Waals surface area contributed by atoms with E-state index in [1.54, 1.807) is 4.31 Å². The summed E-state index contributed by atoms with van der Waals surface area (Å²) in [6.07, 6.45) is 2.67. The van der Waals surface area contributed by atoms with Crippen LogP contribution >= 0.6 is 0 Å². The number of hydrogen-bond donors (Lipinski definition) is 2. The Morgan fingerprint density at radius 2 is 1.62 bits per heavy atom. The molecule has 0 saturated carbocycles. The van der Waals surface area contributed by atoms with Gasteiger partial charge in [0.05, 0.1) is 0 Å². The number of rotatable bonds is 6. The highest BCUT2D eigenvalue weighted by Crippen LogP contribution is 2.28. The molecular weight excluding hydrogens is 286 g/mol. The maximum atomic E-state index is 12.6. The van der Waals surface area contributed by atoms with Gasteiger partial charge in [-0.1, -0.05) is 20.8 Å². The molecule has 0 aromatic heterocycles. The minimum atomic E-state index is -3.39. The summed E-state index contributed by atoms with van der Waals surface area (Å²) in [7, 11) is -1.44. The summed E-state index contributed by atoms with van der Waals surface area (Å²) >= 11 is 0. The third kappa shape index (κ3) is 6.63. The molecule has 0 radical (unpaired) electrons.